The molecule has 1 aromatic rings. The lowest BCUT2D eigenvalue weighted by molar-refractivity contribution is 0.162. The van der Waals surface area contributed by atoms with E-state index >= 15 is 0 Å². The molecule has 1 N–H and O–H groups in total. The minimum Gasteiger partial charge on any atom is -0.305 e. The first kappa shape index (κ1) is 13.8. The molecule has 0 radical (unpaired) electrons. The van der Waals surface area contributed by atoms with Gasteiger partial charge in [0, 0.05) is 24.7 Å². The van der Waals surface area contributed by atoms with Gasteiger partial charge in [0.15, 0.2) is 0 Å². The molecule has 1 aromatic carbocycles. The van der Waals surface area contributed by atoms with Crippen molar-refractivity contribution in [2.24, 2.45) is 5.41 Å². The highest BCUT2D eigenvalue weighted by atomic mass is 15.2. The van der Waals surface area contributed by atoms with Crippen LogP contribution in [0.3, 0.4) is 0 Å². The van der Waals surface area contributed by atoms with Crippen molar-refractivity contribution in [3.63, 3.8) is 0 Å². The third kappa shape index (κ3) is 2.33. The molecular weight excluding hydrogens is 256 g/mol. The van der Waals surface area contributed by atoms with E-state index in [1.165, 1.54) is 45.2 Å². The van der Waals surface area contributed by atoms with Crippen LogP contribution in [-0.2, 0) is 6.42 Å². The molecule has 2 fully saturated rings. The van der Waals surface area contributed by atoms with Gasteiger partial charge in [-0.3, -0.25) is 4.90 Å². The van der Waals surface area contributed by atoms with Crippen molar-refractivity contribution in [3.05, 3.63) is 35.4 Å². The summed E-state index contributed by atoms with van der Waals surface area (Å²) in [6.07, 6.45) is 6.76. The molecule has 4 rings (SSSR count). The second kappa shape index (κ2) is 5.10. The maximum absolute atomic E-state index is 4.08. The normalized spacial score (nSPS) is 34.7. The minimum atomic E-state index is 0.339. The van der Waals surface area contributed by atoms with E-state index in [4.69, 9.17) is 0 Å². The van der Waals surface area contributed by atoms with E-state index in [0.717, 1.165) is 6.04 Å². The zero-order valence-corrected chi connectivity index (χ0v) is 13.4. The van der Waals surface area contributed by atoms with Crippen LogP contribution in [0.2, 0.25) is 0 Å². The second-order valence-electron chi connectivity index (χ2n) is 7.96. The minimum absolute atomic E-state index is 0.339. The van der Waals surface area contributed by atoms with E-state index in [1.54, 1.807) is 11.1 Å². The number of nitrogens with zero attached hydrogens (tertiary/aromatic N) is 1. The Morgan fingerprint density at radius 3 is 2.86 bits per heavy atom. The van der Waals surface area contributed by atoms with Gasteiger partial charge < -0.3 is 5.32 Å². The number of hydrogen-bond acceptors (Lipinski definition) is 2. The summed E-state index contributed by atoms with van der Waals surface area (Å²) in [5.41, 5.74) is 3.45. The number of benzene rings is 1. The number of fused-ring (bicyclic) bond motifs is 2. The Bertz CT molecular complexity index is 522. The molecule has 3 unspecified atom stereocenters. The van der Waals surface area contributed by atoms with Gasteiger partial charge in [-0.1, -0.05) is 44.5 Å². The van der Waals surface area contributed by atoms with Crippen LogP contribution < -0.4 is 5.32 Å². The topological polar surface area (TPSA) is 15.3 Å². The molecule has 0 aromatic heterocycles. The van der Waals surface area contributed by atoms with Crippen LogP contribution in [0.1, 0.15) is 56.7 Å². The van der Waals surface area contributed by atoms with Gasteiger partial charge in [0.1, 0.15) is 0 Å². The maximum atomic E-state index is 4.08. The van der Waals surface area contributed by atoms with Gasteiger partial charge in [0.05, 0.1) is 0 Å². The Morgan fingerprint density at radius 1 is 1.10 bits per heavy atom. The van der Waals surface area contributed by atoms with Crippen molar-refractivity contribution >= 4 is 0 Å². The average Bonchev–Trinajstić information content (AvgIpc) is 2.99. The Morgan fingerprint density at radius 2 is 1.95 bits per heavy atom. The van der Waals surface area contributed by atoms with Gasteiger partial charge in [-0.05, 0) is 48.8 Å². The summed E-state index contributed by atoms with van der Waals surface area (Å²) in [7, 11) is 0. The first-order valence-corrected chi connectivity index (χ1v) is 8.73. The van der Waals surface area contributed by atoms with E-state index < -0.39 is 0 Å². The monoisotopic (exact) mass is 284 g/mol. The highest BCUT2D eigenvalue weighted by Gasteiger charge is 2.43. The summed E-state index contributed by atoms with van der Waals surface area (Å²) in [4.78, 5) is 2.73. The summed E-state index contributed by atoms with van der Waals surface area (Å²) in [6, 6.07) is 11.1. The Hall–Kier alpha value is -0.860. The quantitative estimate of drug-likeness (QED) is 0.894. The van der Waals surface area contributed by atoms with Crippen molar-refractivity contribution in [2.75, 3.05) is 13.1 Å². The molecular formula is C19H28N2. The smallest absolute Gasteiger partial charge is 0.0380 e. The molecule has 2 nitrogen and oxygen atoms in total. The molecule has 21 heavy (non-hydrogen) atoms. The lowest BCUT2D eigenvalue weighted by Gasteiger charge is -2.37. The third-order valence-electron chi connectivity index (χ3n) is 6.03. The van der Waals surface area contributed by atoms with Gasteiger partial charge in [0.25, 0.3) is 0 Å². The zero-order chi connectivity index (χ0) is 14.4. The molecule has 3 aliphatic rings. The number of hydrogen-bond donors (Lipinski definition) is 1. The van der Waals surface area contributed by atoms with Crippen LogP contribution in [0.4, 0.5) is 0 Å². The molecule has 0 saturated carbocycles. The SMILES string of the molecule is CC1(C)Cc2ccccc2C1NC1CCN2CCCCC12. The number of nitrogens with one attached hydrogen (secondary N) is 1. The van der Waals surface area contributed by atoms with Crippen molar-refractivity contribution in [3.8, 4) is 0 Å². The predicted molar refractivity (Wildman–Crippen MR) is 87.4 cm³/mol. The second-order valence-corrected chi connectivity index (χ2v) is 7.96. The van der Waals surface area contributed by atoms with Crippen molar-refractivity contribution in [2.45, 2.75) is 64.1 Å². The Balaban J connectivity index is 1.56. The van der Waals surface area contributed by atoms with Crippen LogP contribution in [0.25, 0.3) is 0 Å². The molecule has 2 heterocycles. The third-order valence-corrected chi connectivity index (χ3v) is 6.03. The van der Waals surface area contributed by atoms with Gasteiger partial charge in [-0.25, -0.2) is 0 Å². The summed E-state index contributed by atoms with van der Waals surface area (Å²) >= 11 is 0. The van der Waals surface area contributed by atoms with Crippen LogP contribution in [0.5, 0.6) is 0 Å². The first-order valence-electron chi connectivity index (χ1n) is 8.73. The lowest BCUT2D eigenvalue weighted by atomic mass is 9.84. The Kier molecular flexibility index (Phi) is 3.35. The van der Waals surface area contributed by atoms with E-state index in [-0.39, 0.29) is 0 Å². The van der Waals surface area contributed by atoms with E-state index in [2.05, 4.69) is 48.3 Å². The fourth-order valence-corrected chi connectivity index (χ4v) is 4.96. The fourth-order valence-electron chi connectivity index (χ4n) is 4.96. The molecule has 2 saturated heterocycles. The van der Waals surface area contributed by atoms with Crippen LogP contribution in [-0.4, -0.2) is 30.1 Å². The van der Waals surface area contributed by atoms with E-state index in [0.29, 0.717) is 17.5 Å². The molecule has 2 aliphatic heterocycles. The zero-order valence-electron chi connectivity index (χ0n) is 13.4. The van der Waals surface area contributed by atoms with Gasteiger partial charge in [-0.2, -0.15) is 0 Å². The molecule has 0 amide bonds. The largest absolute Gasteiger partial charge is 0.305 e. The van der Waals surface area contributed by atoms with Crippen LogP contribution in [0.15, 0.2) is 24.3 Å². The van der Waals surface area contributed by atoms with Crippen molar-refractivity contribution in [1.29, 1.82) is 0 Å². The number of rotatable bonds is 2. The molecule has 2 heteroatoms. The van der Waals surface area contributed by atoms with Crippen molar-refractivity contribution in [1.82, 2.24) is 10.2 Å². The summed E-state index contributed by atoms with van der Waals surface area (Å²) < 4.78 is 0. The summed E-state index contributed by atoms with van der Waals surface area (Å²) in [5, 5.41) is 4.08. The van der Waals surface area contributed by atoms with Gasteiger partial charge in [0.2, 0.25) is 0 Å². The standard InChI is InChI=1S/C19H28N2/c1-19(2)13-14-7-3-4-8-15(14)18(19)20-16-10-12-21-11-6-5-9-17(16)21/h3-4,7-8,16-18,20H,5-6,9-13H2,1-2H3. The summed E-state index contributed by atoms with van der Waals surface area (Å²) in [5.74, 6) is 0. The van der Waals surface area contributed by atoms with Gasteiger partial charge in [-0.15, -0.1) is 0 Å². The van der Waals surface area contributed by atoms with E-state index in [9.17, 15) is 0 Å². The van der Waals surface area contributed by atoms with Crippen LogP contribution in [0, 0.1) is 5.41 Å². The first-order chi connectivity index (χ1) is 10.1. The molecule has 3 atom stereocenters. The highest BCUT2D eigenvalue weighted by molar-refractivity contribution is 5.37. The van der Waals surface area contributed by atoms with Crippen molar-refractivity contribution < 1.29 is 0 Å². The highest BCUT2D eigenvalue weighted by Crippen LogP contribution is 2.46. The lowest BCUT2D eigenvalue weighted by Crippen LogP contribution is -2.47. The maximum Gasteiger partial charge on any atom is 0.0380 e. The molecule has 0 spiro atoms. The fraction of sp³-hybridized carbons (Fsp3) is 0.684. The van der Waals surface area contributed by atoms with Crippen LogP contribution >= 0.6 is 0 Å². The molecule has 1 aliphatic carbocycles. The van der Waals surface area contributed by atoms with Gasteiger partial charge >= 0.3 is 0 Å². The molecule has 114 valence electrons. The Labute approximate surface area is 128 Å². The predicted octanol–water partition coefficient (Wildman–Crippen LogP) is 3.53. The number of piperidine rings is 1. The average molecular weight is 284 g/mol. The summed E-state index contributed by atoms with van der Waals surface area (Å²) in [6.45, 7) is 7.49. The molecule has 0 bridgehead atoms. The van der Waals surface area contributed by atoms with E-state index in [1.807, 2.05) is 0 Å².